The number of halogens is 1. The molecular formula is C15H21ClN2O2. The number of aliphatic carboxylic acids is 1. The predicted molar refractivity (Wildman–Crippen MR) is 79.9 cm³/mol. The van der Waals surface area contributed by atoms with E-state index < -0.39 is 12.0 Å². The van der Waals surface area contributed by atoms with Crippen molar-refractivity contribution < 1.29 is 9.90 Å². The second-order valence-electron chi connectivity index (χ2n) is 5.37. The molecule has 0 radical (unpaired) electrons. The molecule has 5 heteroatoms. The van der Waals surface area contributed by atoms with Crippen LogP contribution in [0.15, 0.2) is 24.3 Å². The third kappa shape index (κ3) is 3.95. The van der Waals surface area contributed by atoms with E-state index >= 15 is 0 Å². The highest BCUT2D eigenvalue weighted by Crippen LogP contribution is 2.22. The van der Waals surface area contributed by atoms with Gasteiger partial charge in [0.15, 0.2) is 0 Å². The Labute approximate surface area is 124 Å². The molecule has 2 rings (SSSR count). The van der Waals surface area contributed by atoms with Gasteiger partial charge in [-0.2, -0.15) is 0 Å². The monoisotopic (exact) mass is 296 g/mol. The molecular weight excluding hydrogens is 276 g/mol. The summed E-state index contributed by atoms with van der Waals surface area (Å²) in [6, 6.07) is 7.39. The maximum absolute atomic E-state index is 11.2. The largest absolute Gasteiger partial charge is 0.480 e. The minimum Gasteiger partial charge on any atom is -0.480 e. The lowest BCUT2D eigenvalue weighted by Crippen LogP contribution is -2.48. The van der Waals surface area contributed by atoms with Crippen LogP contribution in [0.4, 0.5) is 0 Å². The van der Waals surface area contributed by atoms with E-state index in [1.54, 1.807) is 7.05 Å². The van der Waals surface area contributed by atoms with Crippen LogP contribution >= 0.6 is 11.6 Å². The third-order valence-corrected chi connectivity index (χ3v) is 4.16. The number of carboxylic acids is 1. The van der Waals surface area contributed by atoms with Crippen LogP contribution in [0.25, 0.3) is 0 Å². The summed E-state index contributed by atoms with van der Waals surface area (Å²) in [5.74, 6) is -0.593. The summed E-state index contributed by atoms with van der Waals surface area (Å²) in [5.41, 5.74) is 1.21. The first-order valence-corrected chi connectivity index (χ1v) is 7.35. The molecule has 2 atom stereocenters. The van der Waals surface area contributed by atoms with Gasteiger partial charge in [0, 0.05) is 18.1 Å². The maximum atomic E-state index is 11.2. The summed E-state index contributed by atoms with van der Waals surface area (Å²) >= 11 is 5.89. The number of rotatable bonds is 5. The van der Waals surface area contributed by atoms with Gasteiger partial charge < -0.3 is 10.4 Å². The molecule has 1 fully saturated rings. The van der Waals surface area contributed by atoms with Crippen molar-refractivity contribution in [3.8, 4) is 0 Å². The summed E-state index contributed by atoms with van der Waals surface area (Å²) in [5, 5.41) is 12.9. The number of likely N-dealkylation sites (tertiary alicyclic amines) is 1. The van der Waals surface area contributed by atoms with Crippen molar-refractivity contribution in [1.82, 2.24) is 10.2 Å². The Balaban J connectivity index is 1.96. The van der Waals surface area contributed by atoms with Crippen LogP contribution in [-0.4, -0.2) is 42.2 Å². The van der Waals surface area contributed by atoms with Crippen LogP contribution in [0.3, 0.4) is 0 Å². The molecule has 0 aromatic heterocycles. The van der Waals surface area contributed by atoms with E-state index in [1.807, 2.05) is 24.3 Å². The molecule has 0 aliphatic carbocycles. The van der Waals surface area contributed by atoms with Crippen molar-refractivity contribution in [2.75, 3.05) is 20.1 Å². The number of benzene rings is 1. The van der Waals surface area contributed by atoms with Crippen LogP contribution in [0, 0.1) is 5.92 Å². The minimum absolute atomic E-state index is 0.165. The Kier molecular flexibility index (Phi) is 5.40. The molecule has 20 heavy (non-hydrogen) atoms. The summed E-state index contributed by atoms with van der Waals surface area (Å²) in [6.07, 6.45) is 2.01. The number of nitrogens with zero attached hydrogens (tertiary/aromatic N) is 1. The fourth-order valence-corrected chi connectivity index (χ4v) is 3.04. The van der Waals surface area contributed by atoms with E-state index in [-0.39, 0.29) is 5.92 Å². The molecule has 1 aromatic rings. The van der Waals surface area contributed by atoms with Crippen molar-refractivity contribution in [1.29, 1.82) is 0 Å². The van der Waals surface area contributed by atoms with Gasteiger partial charge >= 0.3 is 5.97 Å². The van der Waals surface area contributed by atoms with Gasteiger partial charge in [0.25, 0.3) is 0 Å². The molecule has 2 N–H and O–H groups in total. The fourth-order valence-electron chi connectivity index (χ4n) is 2.92. The molecule has 110 valence electrons. The fraction of sp³-hybridized carbons (Fsp3) is 0.533. The highest BCUT2D eigenvalue weighted by Gasteiger charge is 2.30. The third-order valence-electron chi connectivity index (χ3n) is 3.91. The minimum atomic E-state index is -0.758. The molecule has 0 bridgehead atoms. The van der Waals surface area contributed by atoms with Gasteiger partial charge in [0.1, 0.15) is 6.04 Å². The molecule has 4 nitrogen and oxygen atoms in total. The van der Waals surface area contributed by atoms with Gasteiger partial charge in [-0.25, -0.2) is 0 Å². The Morgan fingerprint density at radius 1 is 1.50 bits per heavy atom. The first kappa shape index (κ1) is 15.3. The predicted octanol–water partition coefficient (Wildman–Crippen LogP) is 2.22. The van der Waals surface area contributed by atoms with Crippen LogP contribution < -0.4 is 5.32 Å². The van der Waals surface area contributed by atoms with Crippen LogP contribution in [0.5, 0.6) is 0 Å². The molecule has 0 spiro atoms. The summed E-state index contributed by atoms with van der Waals surface area (Å²) < 4.78 is 0. The van der Waals surface area contributed by atoms with Crippen LogP contribution in [0.1, 0.15) is 18.4 Å². The van der Waals surface area contributed by atoms with Crippen molar-refractivity contribution in [2.45, 2.75) is 25.4 Å². The molecule has 1 aliphatic heterocycles. The van der Waals surface area contributed by atoms with Crippen LogP contribution in [0.2, 0.25) is 5.02 Å². The van der Waals surface area contributed by atoms with Crippen molar-refractivity contribution in [2.24, 2.45) is 5.92 Å². The zero-order chi connectivity index (χ0) is 14.5. The second kappa shape index (κ2) is 7.07. The average molecular weight is 297 g/mol. The summed E-state index contributed by atoms with van der Waals surface area (Å²) in [6.45, 7) is 2.69. The number of nitrogens with one attached hydrogen (secondary N) is 1. The zero-order valence-electron chi connectivity index (χ0n) is 11.7. The van der Waals surface area contributed by atoms with Crippen molar-refractivity contribution in [3.63, 3.8) is 0 Å². The molecule has 2 unspecified atom stereocenters. The van der Waals surface area contributed by atoms with Crippen molar-refractivity contribution >= 4 is 17.6 Å². The average Bonchev–Trinajstić information content (AvgIpc) is 2.42. The molecule has 1 heterocycles. The van der Waals surface area contributed by atoms with E-state index in [9.17, 15) is 9.90 Å². The summed E-state index contributed by atoms with van der Waals surface area (Å²) in [7, 11) is 1.72. The molecule has 1 aromatic carbocycles. The molecule has 0 saturated carbocycles. The number of carboxylic acid groups (broad SMARTS) is 1. The summed E-state index contributed by atoms with van der Waals surface area (Å²) in [4.78, 5) is 13.6. The SMILES string of the molecule is CNC(C(=O)O)C1CCCN(Cc2ccc(Cl)cc2)C1. The van der Waals surface area contributed by atoms with E-state index in [2.05, 4.69) is 10.2 Å². The molecule has 0 amide bonds. The maximum Gasteiger partial charge on any atom is 0.321 e. The first-order valence-electron chi connectivity index (χ1n) is 6.97. The molecule has 1 aliphatic rings. The topological polar surface area (TPSA) is 52.6 Å². The van der Waals surface area contributed by atoms with Crippen LogP contribution in [-0.2, 0) is 11.3 Å². The second-order valence-corrected chi connectivity index (χ2v) is 5.80. The number of hydrogen-bond donors (Lipinski definition) is 2. The van der Waals surface area contributed by atoms with Gasteiger partial charge in [-0.3, -0.25) is 9.69 Å². The van der Waals surface area contributed by atoms with E-state index in [4.69, 9.17) is 11.6 Å². The quantitative estimate of drug-likeness (QED) is 0.875. The van der Waals surface area contributed by atoms with E-state index in [1.165, 1.54) is 5.56 Å². The highest BCUT2D eigenvalue weighted by molar-refractivity contribution is 6.30. The zero-order valence-corrected chi connectivity index (χ0v) is 12.4. The normalized spacial score (nSPS) is 21.6. The smallest absolute Gasteiger partial charge is 0.321 e. The van der Waals surface area contributed by atoms with Gasteiger partial charge in [-0.1, -0.05) is 23.7 Å². The Bertz CT molecular complexity index is 450. The first-order chi connectivity index (χ1) is 9.60. The van der Waals surface area contributed by atoms with E-state index in [0.717, 1.165) is 37.5 Å². The van der Waals surface area contributed by atoms with Gasteiger partial charge in [0.05, 0.1) is 0 Å². The van der Waals surface area contributed by atoms with E-state index in [0.29, 0.717) is 0 Å². The Hall–Kier alpha value is -1.10. The standard InChI is InChI=1S/C15H21ClN2O2/c1-17-14(15(19)20)12-3-2-8-18(10-12)9-11-4-6-13(16)7-5-11/h4-7,12,14,17H,2-3,8-10H2,1H3,(H,19,20). The lowest BCUT2D eigenvalue weighted by molar-refractivity contribution is -0.141. The Morgan fingerprint density at radius 2 is 2.20 bits per heavy atom. The van der Waals surface area contributed by atoms with Gasteiger partial charge in [0.2, 0.25) is 0 Å². The highest BCUT2D eigenvalue weighted by atomic mass is 35.5. The number of piperidine rings is 1. The van der Waals surface area contributed by atoms with Gasteiger partial charge in [-0.05, 0) is 50.0 Å². The number of carbonyl (C=O) groups is 1. The van der Waals surface area contributed by atoms with Crippen molar-refractivity contribution in [3.05, 3.63) is 34.9 Å². The Morgan fingerprint density at radius 3 is 2.80 bits per heavy atom. The van der Waals surface area contributed by atoms with Gasteiger partial charge in [-0.15, -0.1) is 0 Å². The number of likely N-dealkylation sites (N-methyl/N-ethyl adjacent to an activating group) is 1. The number of hydrogen-bond acceptors (Lipinski definition) is 3. The molecule has 1 saturated heterocycles. The lowest BCUT2D eigenvalue weighted by Gasteiger charge is -2.35. The lowest BCUT2D eigenvalue weighted by atomic mass is 9.90.